The highest BCUT2D eigenvalue weighted by molar-refractivity contribution is 7.84. The van der Waals surface area contributed by atoms with Crippen LogP contribution in [0, 0.1) is 0 Å². The summed E-state index contributed by atoms with van der Waals surface area (Å²) in [6, 6.07) is 0.323. The fourth-order valence-corrected chi connectivity index (χ4v) is 3.90. The van der Waals surface area contributed by atoms with E-state index in [4.69, 9.17) is 9.26 Å². The Balaban J connectivity index is 1.98. The van der Waals surface area contributed by atoms with Crippen molar-refractivity contribution in [2.24, 2.45) is 0 Å². The van der Waals surface area contributed by atoms with Gasteiger partial charge in [-0.3, -0.25) is 24.4 Å². The third-order valence-corrected chi connectivity index (χ3v) is 4.99. The van der Waals surface area contributed by atoms with Crippen LogP contribution in [0.15, 0.2) is 16.8 Å². The molecule has 0 saturated carbocycles. The van der Waals surface area contributed by atoms with Gasteiger partial charge >= 0.3 is 10.3 Å². The molecular formula is C11H14N4O7S. The fourth-order valence-electron chi connectivity index (χ4n) is 2.98. The molecule has 0 aliphatic carbocycles. The number of carbonyl (C=O) groups is 2. The van der Waals surface area contributed by atoms with Gasteiger partial charge < -0.3 is 9.26 Å². The number of amides is 2. The van der Waals surface area contributed by atoms with Crippen molar-refractivity contribution in [2.45, 2.75) is 24.2 Å². The molecule has 2 saturated heterocycles. The maximum Gasteiger partial charge on any atom is 0.362 e. The average Bonchev–Trinajstić information content (AvgIpc) is 3.10. The van der Waals surface area contributed by atoms with Crippen molar-refractivity contribution in [3.8, 4) is 0 Å². The molecule has 2 fully saturated rings. The van der Waals surface area contributed by atoms with Gasteiger partial charge in [0.25, 0.3) is 11.8 Å². The number of likely N-dealkylation sites (N-methyl/N-ethyl adjacent to an activating group) is 1. The minimum atomic E-state index is -4.77. The minimum Gasteiger partial charge on any atom is -0.366 e. The van der Waals surface area contributed by atoms with E-state index < -0.39 is 39.9 Å². The lowest BCUT2D eigenvalue weighted by Gasteiger charge is -2.48. The fraction of sp³-hybridized carbons (Fsp3) is 0.545. The number of rotatable bonds is 4. The molecule has 0 aromatic carbocycles. The van der Waals surface area contributed by atoms with Crippen LogP contribution in [0.25, 0.3) is 0 Å². The van der Waals surface area contributed by atoms with E-state index >= 15 is 0 Å². The summed E-state index contributed by atoms with van der Waals surface area (Å²) in [6.07, 6.45) is 0.627. The van der Waals surface area contributed by atoms with Gasteiger partial charge in [-0.25, -0.2) is 4.31 Å². The summed E-state index contributed by atoms with van der Waals surface area (Å²) in [4.78, 5) is 26.2. The van der Waals surface area contributed by atoms with Crippen molar-refractivity contribution in [2.75, 3.05) is 19.1 Å². The molecule has 12 heteroatoms. The monoisotopic (exact) mass is 346 g/mol. The molecule has 2 N–H and O–H groups in total. The van der Waals surface area contributed by atoms with Gasteiger partial charge in [0.1, 0.15) is 6.23 Å². The molecule has 3 unspecified atom stereocenters. The number of carbonyl (C=O) groups excluding carboxylic acids is 2. The quantitative estimate of drug-likeness (QED) is 0.372. The number of hydrogen-bond donors (Lipinski definition) is 2. The van der Waals surface area contributed by atoms with Gasteiger partial charge in [-0.15, -0.1) is 0 Å². The molecule has 3 heterocycles. The molecule has 3 rings (SSSR count). The van der Waals surface area contributed by atoms with E-state index in [0.717, 1.165) is 4.90 Å². The van der Waals surface area contributed by atoms with Crippen LogP contribution >= 0.6 is 0 Å². The average molecular weight is 346 g/mol. The van der Waals surface area contributed by atoms with Gasteiger partial charge in [0.05, 0.1) is 12.2 Å². The number of anilines is 1. The highest BCUT2D eigenvalue weighted by Crippen LogP contribution is 2.43. The topological polar surface area (TPSA) is 142 Å². The van der Waals surface area contributed by atoms with Crippen molar-refractivity contribution >= 4 is 28.0 Å². The predicted molar refractivity (Wildman–Crippen MR) is 73.4 cm³/mol. The van der Waals surface area contributed by atoms with E-state index in [0.29, 0.717) is 0 Å². The number of β-lactam (4-membered cyclic amide) rings is 1. The first-order valence-corrected chi connectivity index (χ1v) is 7.93. The zero-order valence-corrected chi connectivity index (χ0v) is 13.0. The van der Waals surface area contributed by atoms with Crippen LogP contribution in [-0.2, 0) is 24.6 Å². The molecular weight excluding hydrogens is 332 g/mol. The zero-order valence-electron chi connectivity index (χ0n) is 12.2. The summed E-state index contributed by atoms with van der Waals surface area (Å²) in [6.45, 7) is 0. The van der Waals surface area contributed by atoms with Crippen LogP contribution in [0.3, 0.4) is 0 Å². The van der Waals surface area contributed by atoms with Crippen LogP contribution < -0.4 is 10.2 Å². The Labute approximate surface area is 131 Å². The second kappa shape index (κ2) is 4.99. The molecule has 126 valence electrons. The number of nitrogens with one attached hydrogen (secondary N) is 1. The summed E-state index contributed by atoms with van der Waals surface area (Å²) < 4.78 is 42.1. The second-order valence-electron chi connectivity index (χ2n) is 5.22. The number of nitrogens with zero attached hydrogens (tertiary/aromatic N) is 3. The minimum absolute atomic E-state index is 0.0258. The van der Waals surface area contributed by atoms with E-state index in [9.17, 15) is 22.6 Å². The number of fused-ring (bicyclic) bond motifs is 1. The van der Waals surface area contributed by atoms with E-state index in [1.54, 1.807) is 0 Å². The Kier molecular flexibility index (Phi) is 3.44. The normalized spacial score (nSPS) is 30.0. The summed E-state index contributed by atoms with van der Waals surface area (Å²) >= 11 is 0. The Hall–Kier alpha value is -2.02. The maximum atomic E-state index is 12.8. The standard InChI is InChI=1S/C11H14N4O7S/c1-14(8-3-4-12-22-8)9(16)11-6(5-7(13-11)21-2)15(10(11)17)23(18,19)20/h3-4,6-7,13H,5H2,1-2H3,(H,18,19,20). The first-order valence-electron chi connectivity index (χ1n) is 6.54. The number of hydrogen-bond acceptors (Lipinski definition) is 8. The lowest BCUT2D eigenvalue weighted by Crippen LogP contribution is -2.81. The molecule has 2 aliphatic heterocycles. The summed E-state index contributed by atoms with van der Waals surface area (Å²) in [5, 5.41) is 6.18. The van der Waals surface area contributed by atoms with Crippen molar-refractivity contribution in [1.29, 1.82) is 0 Å². The van der Waals surface area contributed by atoms with Crippen LogP contribution in [0.4, 0.5) is 5.88 Å². The molecule has 0 radical (unpaired) electrons. The zero-order chi connectivity index (χ0) is 17.0. The van der Waals surface area contributed by atoms with Gasteiger partial charge in [0, 0.05) is 26.6 Å². The highest BCUT2D eigenvalue weighted by atomic mass is 32.2. The van der Waals surface area contributed by atoms with Crippen molar-refractivity contribution in [1.82, 2.24) is 14.8 Å². The van der Waals surface area contributed by atoms with Crippen LogP contribution in [-0.4, -0.2) is 66.2 Å². The van der Waals surface area contributed by atoms with Crippen molar-refractivity contribution in [3.05, 3.63) is 12.3 Å². The van der Waals surface area contributed by atoms with E-state index in [2.05, 4.69) is 10.5 Å². The van der Waals surface area contributed by atoms with E-state index in [1.165, 1.54) is 26.4 Å². The first-order chi connectivity index (χ1) is 10.7. The van der Waals surface area contributed by atoms with Crippen molar-refractivity contribution in [3.63, 3.8) is 0 Å². The van der Waals surface area contributed by atoms with Crippen LogP contribution in [0.5, 0.6) is 0 Å². The number of ether oxygens (including phenoxy) is 1. The largest absolute Gasteiger partial charge is 0.366 e. The Morgan fingerprint density at radius 1 is 1.65 bits per heavy atom. The van der Waals surface area contributed by atoms with Crippen molar-refractivity contribution < 1.29 is 31.8 Å². The number of aromatic nitrogens is 1. The molecule has 1 aromatic heterocycles. The van der Waals surface area contributed by atoms with Gasteiger partial charge in [-0.1, -0.05) is 5.16 Å². The molecule has 3 atom stereocenters. The summed E-state index contributed by atoms with van der Waals surface area (Å²) in [5.74, 6) is -1.71. The Morgan fingerprint density at radius 3 is 2.87 bits per heavy atom. The SMILES string of the molecule is COC1CC2N(S(=O)(=O)O)C(=O)C2(C(=O)N(C)c2ccno2)N1. The molecule has 11 nitrogen and oxygen atoms in total. The van der Waals surface area contributed by atoms with Crippen LogP contribution in [0.2, 0.25) is 0 Å². The molecule has 2 amide bonds. The molecule has 23 heavy (non-hydrogen) atoms. The lowest BCUT2D eigenvalue weighted by molar-refractivity contribution is -0.156. The lowest BCUT2D eigenvalue weighted by atomic mass is 9.81. The van der Waals surface area contributed by atoms with Gasteiger partial charge in [-0.2, -0.15) is 8.42 Å². The van der Waals surface area contributed by atoms with Gasteiger partial charge in [0.15, 0.2) is 0 Å². The molecule has 1 aromatic rings. The van der Waals surface area contributed by atoms with Crippen LogP contribution in [0.1, 0.15) is 6.42 Å². The number of methoxy groups -OCH3 is 1. The second-order valence-corrected chi connectivity index (χ2v) is 6.51. The molecule has 2 aliphatic rings. The van der Waals surface area contributed by atoms with E-state index in [1.807, 2.05) is 0 Å². The third kappa shape index (κ3) is 2.06. The van der Waals surface area contributed by atoms with Gasteiger partial charge in [0.2, 0.25) is 11.4 Å². The maximum absolute atomic E-state index is 12.8. The Morgan fingerprint density at radius 2 is 2.35 bits per heavy atom. The highest BCUT2D eigenvalue weighted by Gasteiger charge is 2.74. The van der Waals surface area contributed by atoms with E-state index in [-0.39, 0.29) is 16.6 Å². The van der Waals surface area contributed by atoms with Gasteiger partial charge in [-0.05, 0) is 0 Å². The molecule has 0 spiro atoms. The third-order valence-electron chi connectivity index (χ3n) is 4.08. The predicted octanol–water partition coefficient (Wildman–Crippen LogP) is -1.64. The summed E-state index contributed by atoms with van der Waals surface area (Å²) in [7, 11) is -2.06. The summed E-state index contributed by atoms with van der Waals surface area (Å²) in [5.41, 5.74) is -1.84. The molecule has 0 bridgehead atoms. The Bertz CT molecular complexity index is 748. The smallest absolute Gasteiger partial charge is 0.362 e. The first kappa shape index (κ1) is 15.9.